The second-order valence-corrected chi connectivity index (χ2v) is 3.81. The second-order valence-electron chi connectivity index (χ2n) is 3.42. The molecular weight excluding hydrogens is 250 g/mol. The number of nitrogens with zero attached hydrogens (tertiary/aromatic N) is 1. The lowest BCUT2D eigenvalue weighted by molar-refractivity contribution is 0.00332. The molecule has 1 aromatic heterocycles. The summed E-state index contributed by atoms with van der Waals surface area (Å²) < 4.78 is 0. The Balaban J connectivity index is 3.08. The summed E-state index contributed by atoms with van der Waals surface area (Å²) in [6, 6.07) is 1.09. The first kappa shape index (κ1) is 13.9. The Hall–Kier alpha value is -1.21. The van der Waals surface area contributed by atoms with E-state index in [-0.39, 0.29) is 29.3 Å². The van der Waals surface area contributed by atoms with Crippen molar-refractivity contribution in [3.8, 4) is 0 Å². The van der Waals surface area contributed by atoms with Crippen molar-refractivity contribution < 1.29 is 25.2 Å². The van der Waals surface area contributed by atoms with Crippen molar-refractivity contribution in [1.29, 1.82) is 0 Å². The number of carboxylic acid groups (broad SMARTS) is 1. The molecule has 0 amide bonds. The summed E-state index contributed by atoms with van der Waals surface area (Å²) in [4.78, 5) is 14.6. The lowest BCUT2D eigenvalue weighted by Gasteiger charge is -2.18. The highest BCUT2D eigenvalue weighted by Gasteiger charge is 2.24. The Labute approximate surface area is 102 Å². The molecule has 0 saturated carbocycles. The number of carbonyl (C=O) groups is 1. The fourth-order valence-electron chi connectivity index (χ4n) is 1.36. The Morgan fingerprint density at radius 1 is 1.47 bits per heavy atom. The largest absolute Gasteiger partial charge is 0.478 e. The molecule has 0 saturated heterocycles. The molecule has 0 fully saturated rings. The Bertz CT molecular complexity index is 412. The summed E-state index contributed by atoms with van der Waals surface area (Å²) in [5.41, 5.74) is -0.266. The molecule has 94 valence electrons. The SMILES string of the molecule is O=C(O)c1cc(Cl)ncc1C(O)C(O)CCO. The van der Waals surface area contributed by atoms with Gasteiger partial charge in [0.25, 0.3) is 0 Å². The molecule has 6 nitrogen and oxygen atoms in total. The minimum Gasteiger partial charge on any atom is -0.478 e. The summed E-state index contributed by atoms with van der Waals surface area (Å²) in [5.74, 6) is -1.28. The summed E-state index contributed by atoms with van der Waals surface area (Å²) >= 11 is 5.55. The summed E-state index contributed by atoms with van der Waals surface area (Å²) in [6.07, 6.45) is -1.67. The van der Waals surface area contributed by atoms with Gasteiger partial charge in [0.05, 0.1) is 11.7 Å². The normalized spacial score (nSPS) is 14.4. The maximum Gasteiger partial charge on any atom is 0.336 e. The monoisotopic (exact) mass is 261 g/mol. The van der Waals surface area contributed by atoms with Gasteiger partial charge in [0, 0.05) is 18.4 Å². The van der Waals surface area contributed by atoms with Crippen LogP contribution in [0.2, 0.25) is 5.15 Å². The molecule has 2 atom stereocenters. The van der Waals surface area contributed by atoms with E-state index < -0.39 is 18.2 Å². The van der Waals surface area contributed by atoms with E-state index in [1.54, 1.807) is 0 Å². The number of hydrogen-bond acceptors (Lipinski definition) is 5. The van der Waals surface area contributed by atoms with Gasteiger partial charge >= 0.3 is 5.97 Å². The lowest BCUT2D eigenvalue weighted by Crippen LogP contribution is -2.22. The minimum absolute atomic E-state index is 0.0185. The van der Waals surface area contributed by atoms with Gasteiger partial charge < -0.3 is 20.4 Å². The highest BCUT2D eigenvalue weighted by atomic mass is 35.5. The van der Waals surface area contributed by atoms with Gasteiger partial charge in [0.15, 0.2) is 0 Å². The zero-order valence-corrected chi connectivity index (χ0v) is 9.50. The molecule has 2 unspecified atom stereocenters. The molecule has 0 radical (unpaired) electrons. The molecular formula is C10H12ClNO5. The zero-order valence-electron chi connectivity index (χ0n) is 8.75. The summed E-state index contributed by atoms with van der Waals surface area (Å²) in [6.45, 7) is -0.318. The van der Waals surface area contributed by atoms with Gasteiger partial charge in [-0.05, 0) is 12.5 Å². The molecule has 1 rings (SSSR count). The van der Waals surface area contributed by atoms with E-state index in [9.17, 15) is 15.0 Å². The highest BCUT2D eigenvalue weighted by molar-refractivity contribution is 6.29. The van der Waals surface area contributed by atoms with E-state index in [0.29, 0.717) is 0 Å². The number of aromatic carboxylic acids is 1. The van der Waals surface area contributed by atoms with Crippen LogP contribution in [0.15, 0.2) is 12.3 Å². The third-order valence-electron chi connectivity index (χ3n) is 2.24. The van der Waals surface area contributed by atoms with Gasteiger partial charge in [-0.3, -0.25) is 0 Å². The molecule has 0 aromatic carbocycles. The van der Waals surface area contributed by atoms with Gasteiger partial charge in [-0.1, -0.05) is 11.6 Å². The van der Waals surface area contributed by atoms with Crippen LogP contribution in [0.25, 0.3) is 0 Å². The summed E-state index contributed by atoms with van der Waals surface area (Å²) in [7, 11) is 0. The topological polar surface area (TPSA) is 111 Å². The molecule has 0 bridgehead atoms. The maximum atomic E-state index is 10.9. The third-order valence-corrected chi connectivity index (χ3v) is 2.45. The van der Waals surface area contributed by atoms with E-state index in [1.807, 2.05) is 0 Å². The van der Waals surface area contributed by atoms with E-state index in [4.69, 9.17) is 21.8 Å². The number of aliphatic hydroxyl groups is 3. The van der Waals surface area contributed by atoms with Gasteiger partial charge in [-0.2, -0.15) is 0 Å². The van der Waals surface area contributed by atoms with Crippen LogP contribution in [-0.4, -0.2) is 44.1 Å². The molecule has 7 heteroatoms. The first-order chi connectivity index (χ1) is 7.97. The first-order valence-electron chi connectivity index (χ1n) is 4.83. The number of halogens is 1. The number of aromatic nitrogens is 1. The number of carboxylic acids is 1. The van der Waals surface area contributed by atoms with E-state index in [2.05, 4.69) is 4.98 Å². The van der Waals surface area contributed by atoms with Gasteiger partial charge in [-0.15, -0.1) is 0 Å². The van der Waals surface area contributed by atoms with Crippen molar-refractivity contribution in [2.45, 2.75) is 18.6 Å². The second kappa shape index (κ2) is 5.92. The van der Waals surface area contributed by atoms with Crippen LogP contribution in [0, 0.1) is 0 Å². The standard InChI is InChI=1S/C10H12ClNO5/c11-8-3-5(10(16)17)6(4-12-8)9(15)7(14)1-2-13/h3-4,7,9,13-15H,1-2H2,(H,16,17). The van der Waals surface area contributed by atoms with Crippen molar-refractivity contribution in [2.75, 3.05) is 6.61 Å². The third kappa shape index (κ3) is 3.37. The van der Waals surface area contributed by atoms with Crippen LogP contribution in [0.1, 0.15) is 28.4 Å². The Kier molecular flexibility index (Phi) is 4.83. The van der Waals surface area contributed by atoms with Crippen LogP contribution < -0.4 is 0 Å². The molecule has 0 aliphatic rings. The number of rotatable bonds is 5. The van der Waals surface area contributed by atoms with Gasteiger partial charge in [-0.25, -0.2) is 9.78 Å². The van der Waals surface area contributed by atoms with Gasteiger partial charge in [0.2, 0.25) is 0 Å². The molecule has 1 aromatic rings. The highest BCUT2D eigenvalue weighted by Crippen LogP contribution is 2.24. The molecule has 0 aliphatic heterocycles. The predicted molar refractivity (Wildman–Crippen MR) is 58.9 cm³/mol. The van der Waals surface area contributed by atoms with E-state index in [0.717, 1.165) is 12.3 Å². The smallest absolute Gasteiger partial charge is 0.336 e. The Morgan fingerprint density at radius 3 is 2.65 bits per heavy atom. The van der Waals surface area contributed by atoms with Crippen LogP contribution in [0.3, 0.4) is 0 Å². The van der Waals surface area contributed by atoms with Crippen LogP contribution in [0.5, 0.6) is 0 Å². The fourth-order valence-corrected chi connectivity index (χ4v) is 1.52. The summed E-state index contributed by atoms with van der Waals surface area (Å²) in [5, 5.41) is 36.8. The number of aliphatic hydroxyl groups excluding tert-OH is 3. The van der Waals surface area contributed by atoms with Crippen LogP contribution in [-0.2, 0) is 0 Å². The fraction of sp³-hybridized carbons (Fsp3) is 0.400. The number of pyridine rings is 1. The average Bonchev–Trinajstić information content (AvgIpc) is 2.28. The zero-order chi connectivity index (χ0) is 13.0. The van der Waals surface area contributed by atoms with Crippen molar-refractivity contribution in [3.63, 3.8) is 0 Å². The molecule has 1 heterocycles. The Morgan fingerprint density at radius 2 is 2.12 bits per heavy atom. The molecule has 17 heavy (non-hydrogen) atoms. The van der Waals surface area contributed by atoms with Crippen molar-refractivity contribution in [1.82, 2.24) is 4.98 Å². The minimum atomic E-state index is -1.43. The first-order valence-corrected chi connectivity index (χ1v) is 5.21. The van der Waals surface area contributed by atoms with E-state index in [1.165, 1.54) is 0 Å². The average molecular weight is 262 g/mol. The number of hydrogen-bond donors (Lipinski definition) is 4. The maximum absolute atomic E-state index is 10.9. The van der Waals surface area contributed by atoms with Crippen molar-refractivity contribution in [3.05, 3.63) is 28.5 Å². The predicted octanol–water partition coefficient (Wildman–Crippen LogP) is 0.210. The molecule has 0 aliphatic carbocycles. The van der Waals surface area contributed by atoms with Crippen molar-refractivity contribution >= 4 is 17.6 Å². The van der Waals surface area contributed by atoms with Crippen LogP contribution >= 0.6 is 11.6 Å². The molecule has 0 spiro atoms. The quantitative estimate of drug-likeness (QED) is 0.564. The van der Waals surface area contributed by atoms with Crippen LogP contribution in [0.4, 0.5) is 0 Å². The molecule has 4 N–H and O–H groups in total. The van der Waals surface area contributed by atoms with Gasteiger partial charge in [0.1, 0.15) is 11.3 Å². The van der Waals surface area contributed by atoms with E-state index >= 15 is 0 Å². The van der Waals surface area contributed by atoms with Crippen molar-refractivity contribution in [2.24, 2.45) is 0 Å². The lowest BCUT2D eigenvalue weighted by atomic mass is 9.99.